The van der Waals surface area contributed by atoms with Gasteiger partial charge in [0, 0.05) is 32.6 Å². The van der Waals surface area contributed by atoms with Crippen molar-refractivity contribution in [2.45, 2.75) is 38.5 Å². The summed E-state index contributed by atoms with van der Waals surface area (Å²) in [5, 5.41) is 0. The highest BCUT2D eigenvalue weighted by molar-refractivity contribution is 5.79. The second kappa shape index (κ2) is 8.19. The number of benzene rings is 1. The Morgan fingerprint density at radius 3 is 2.54 bits per heavy atom. The standard InChI is InChI=1S/C22H29FN2O3/c23-19-5-2-1-4-17(19)14-21(27)25-15-18(22(16-25)8-3-9-22)6-7-20(26)24-10-12-28-13-11-24/h1-2,4-5,18H,3,6-16H2. The lowest BCUT2D eigenvalue weighted by atomic mass is 9.62. The quantitative estimate of drug-likeness (QED) is 0.779. The van der Waals surface area contributed by atoms with E-state index in [1.165, 1.54) is 12.5 Å². The van der Waals surface area contributed by atoms with Crippen LogP contribution in [0.3, 0.4) is 0 Å². The topological polar surface area (TPSA) is 49.9 Å². The largest absolute Gasteiger partial charge is 0.378 e. The molecule has 1 saturated carbocycles. The lowest BCUT2D eigenvalue weighted by Gasteiger charge is -2.43. The van der Waals surface area contributed by atoms with E-state index in [1.54, 1.807) is 18.2 Å². The van der Waals surface area contributed by atoms with Gasteiger partial charge in [-0.05, 0) is 42.2 Å². The Morgan fingerprint density at radius 1 is 1.11 bits per heavy atom. The summed E-state index contributed by atoms with van der Waals surface area (Å²) in [6.07, 6.45) is 4.95. The van der Waals surface area contributed by atoms with Crippen LogP contribution in [0.1, 0.15) is 37.7 Å². The highest BCUT2D eigenvalue weighted by Gasteiger charge is 2.51. The SMILES string of the molecule is O=C(CCC1CN(C(=O)Cc2ccccc2F)CC12CCC2)N1CCOCC1. The maximum atomic E-state index is 13.9. The predicted octanol–water partition coefficient (Wildman–Crippen LogP) is 2.64. The van der Waals surface area contributed by atoms with E-state index in [4.69, 9.17) is 4.74 Å². The van der Waals surface area contributed by atoms with E-state index in [-0.39, 0.29) is 29.5 Å². The zero-order valence-corrected chi connectivity index (χ0v) is 16.4. The van der Waals surface area contributed by atoms with Crippen LogP contribution in [-0.2, 0) is 20.7 Å². The van der Waals surface area contributed by atoms with Crippen LogP contribution in [0.15, 0.2) is 24.3 Å². The first-order valence-corrected chi connectivity index (χ1v) is 10.4. The van der Waals surface area contributed by atoms with Crippen molar-refractivity contribution in [1.82, 2.24) is 9.80 Å². The van der Waals surface area contributed by atoms with Crippen LogP contribution in [0.25, 0.3) is 0 Å². The molecule has 6 heteroatoms. The van der Waals surface area contributed by atoms with E-state index in [9.17, 15) is 14.0 Å². The van der Waals surface area contributed by atoms with Crippen LogP contribution < -0.4 is 0 Å². The van der Waals surface area contributed by atoms with Crippen molar-refractivity contribution in [3.63, 3.8) is 0 Å². The number of carbonyl (C=O) groups excluding carboxylic acids is 2. The first kappa shape index (κ1) is 19.4. The van der Waals surface area contributed by atoms with Crippen molar-refractivity contribution >= 4 is 11.8 Å². The molecule has 2 saturated heterocycles. The van der Waals surface area contributed by atoms with E-state index in [1.807, 2.05) is 9.80 Å². The van der Waals surface area contributed by atoms with Gasteiger partial charge in [0.25, 0.3) is 0 Å². The summed E-state index contributed by atoms with van der Waals surface area (Å²) in [4.78, 5) is 29.1. The fourth-order valence-electron chi connectivity index (χ4n) is 5.00. The Morgan fingerprint density at radius 2 is 1.86 bits per heavy atom. The first-order chi connectivity index (χ1) is 13.6. The molecule has 0 bridgehead atoms. The van der Waals surface area contributed by atoms with E-state index >= 15 is 0 Å². The van der Waals surface area contributed by atoms with Gasteiger partial charge in [-0.1, -0.05) is 24.6 Å². The summed E-state index contributed by atoms with van der Waals surface area (Å²) in [6.45, 7) is 4.07. The molecule has 0 aromatic heterocycles. The minimum atomic E-state index is -0.318. The van der Waals surface area contributed by atoms with Gasteiger partial charge in [-0.25, -0.2) is 4.39 Å². The number of halogens is 1. The molecule has 3 aliphatic rings. The zero-order chi connectivity index (χ0) is 19.6. The van der Waals surface area contributed by atoms with Crippen LogP contribution >= 0.6 is 0 Å². The van der Waals surface area contributed by atoms with Gasteiger partial charge in [0.05, 0.1) is 19.6 Å². The Hall–Kier alpha value is -1.95. The molecule has 2 amide bonds. The maximum Gasteiger partial charge on any atom is 0.227 e. The van der Waals surface area contributed by atoms with Gasteiger partial charge in [-0.2, -0.15) is 0 Å². The normalized spacial score (nSPS) is 23.7. The predicted molar refractivity (Wildman–Crippen MR) is 103 cm³/mol. The molecule has 2 aliphatic heterocycles. The average Bonchev–Trinajstić information content (AvgIpc) is 3.09. The number of morpholine rings is 1. The smallest absolute Gasteiger partial charge is 0.227 e. The summed E-state index contributed by atoms with van der Waals surface area (Å²) < 4.78 is 19.2. The zero-order valence-electron chi connectivity index (χ0n) is 16.4. The summed E-state index contributed by atoms with van der Waals surface area (Å²) >= 11 is 0. The Kier molecular flexibility index (Phi) is 5.67. The fraction of sp³-hybridized carbons (Fsp3) is 0.636. The number of amides is 2. The van der Waals surface area contributed by atoms with Crippen LogP contribution in [0, 0.1) is 17.2 Å². The lowest BCUT2D eigenvalue weighted by molar-refractivity contribution is -0.135. The number of hydrogen-bond acceptors (Lipinski definition) is 3. The summed E-state index contributed by atoms with van der Waals surface area (Å²) in [7, 11) is 0. The monoisotopic (exact) mass is 388 g/mol. The van der Waals surface area contributed by atoms with Crippen molar-refractivity contribution in [2.24, 2.45) is 11.3 Å². The lowest BCUT2D eigenvalue weighted by Crippen LogP contribution is -2.42. The molecule has 28 heavy (non-hydrogen) atoms. The second-order valence-corrected chi connectivity index (χ2v) is 8.49. The number of likely N-dealkylation sites (tertiary alicyclic amines) is 1. The minimum Gasteiger partial charge on any atom is -0.378 e. The molecular weight excluding hydrogens is 359 g/mol. The molecule has 1 aromatic carbocycles. The summed E-state index contributed by atoms with van der Waals surface area (Å²) in [6, 6.07) is 6.49. The highest BCUT2D eigenvalue weighted by atomic mass is 19.1. The van der Waals surface area contributed by atoms with E-state index in [0.29, 0.717) is 50.8 Å². The molecule has 0 N–H and O–H groups in total. The van der Waals surface area contributed by atoms with Crippen LogP contribution in [0.5, 0.6) is 0 Å². The third-order valence-corrected chi connectivity index (χ3v) is 6.88. The van der Waals surface area contributed by atoms with Gasteiger partial charge in [0.2, 0.25) is 11.8 Å². The molecule has 5 nitrogen and oxygen atoms in total. The molecule has 1 atom stereocenters. The molecule has 2 heterocycles. The number of hydrogen-bond donors (Lipinski definition) is 0. The fourth-order valence-corrected chi connectivity index (χ4v) is 5.00. The van der Waals surface area contributed by atoms with Crippen LogP contribution in [-0.4, -0.2) is 61.0 Å². The minimum absolute atomic E-state index is 0.00150. The van der Waals surface area contributed by atoms with Crippen LogP contribution in [0.2, 0.25) is 0 Å². The molecule has 1 aliphatic carbocycles. The number of nitrogens with zero attached hydrogens (tertiary/aromatic N) is 2. The van der Waals surface area contributed by atoms with Crippen LogP contribution in [0.4, 0.5) is 4.39 Å². The van der Waals surface area contributed by atoms with E-state index < -0.39 is 0 Å². The third-order valence-electron chi connectivity index (χ3n) is 6.88. The first-order valence-electron chi connectivity index (χ1n) is 10.4. The molecule has 0 radical (unpaired) electrons. The average molecular weight is 388 g/mol. The molecule has 4 rings (SSSR count). The molecular formula is C22H29FN2O3. The van der Waals surface area contributed by atoms with Gasteiger partial charge in [0.1, 0.15) is 5.82 Å². The Bertz CT molecular complexity index is 728. The molecule has 1 spiro atoms. The molecule has 1 unspecified atom stereocenters. The summed E-state index contributed by atoms with van der Waals surface area (Å²) in [5.74, 6) is 0.254. The second-order valence-electron chi connectivity index (χ2n) is 8.49. The molecule has 1 aromatic rings. The molecule has 3 fully saturated rings. The number of ether oxygens (including phenoxy) is 1. The van der Waals surface area contributed by atoms with Gasteiger partial charge in [0.15, 0.2) is 0 Å². The van der Waals surface area contributed by atoms with Gasteiger partial charge < -0.3 is 14.5 Å². The maximum absolute atomic E-state index is 13.9. The van der Waals surface area contributed by atoms with Gasteiger partial charge in [-0.15, -0.1) is 0 Å². The van der Waals surface area contributed by atoms with E-state index in [0.717, 1.165) is 25.8 Å². The Balaban J connectivity index is 1.35. The summed E-state index contributed by atoms with van der Waals surface area (Å²) in [5.41, 5.74) is 0.636. The van der Waals surface area contributed by atoms with Crippen molar-refractivity contribution in [3.05, 3.63) is 35.6 Å². The highest BCUT2D eigenvalue weighted by Crippen LogP contribution is 2.53. The van der Waals surface area contributed by atoms with Crippen molar-refractivity contribution < 1.29 is 18.7 Å². The third kappa shape index (κ3) is 3.93. The van der Waals surface area contributed by atoms with Crippen molar-refractivity contribution in [1.29, 1.82) is 0 Å². The number of rotatable bonds is 5. The Labute approximate surface area is 165 Å². The van der Waals surface area contributed by atoms with Gasteiger partial charge in [-0.3, -0.25) is 9.59 Å². The van der Waals surface area contributed by atoms with E-state index in [2.05, 4.69) is 0 Å². The van der Waals surface area contributed by atoms with Crippen molar-refractivity contribution in [2.75, 3.05) is 39.4 Å². The number of carbonyl (C=O) groups is 2. The van der Waals surface area contributed by atoms with Crippen molar-refractivity contribution in [3.8, 4) is 0 Å². The molecule has 152 valence electrons. The van der Waals surface area contributed by atoms with Gasteiger partial charge >= 0.3 is 0 Å².